The number of H-pyrrole nitrogens is 1. The number of benzene rings is 3. The molecular formula is C25H19ClN4O3. The third kappa shape index (κ3) is 6.15. The van der Waals surface area contributed by atoms with E-state index in [4.69, 9.17) is 16.3 Å². The number of carbonyl (C=O) groups excluding carboxylic acids is 1. The molecule has 0 spiro atoms. The van der Waals surface area contributed by atoms with Crippen molar-refractivity contribution in [2.75, 3.05) is 0 Å². The molecule has 4 rings (SSSR count). The lowest BCUT2D eigenvalue weighted by Gasteiger charge is -2.07. The molecule has 0 saturated carbocycles. The van der Waals surface area contributed by atoms with Gasteiger partial charge < -0.3 is 9.72 Å². The summed E-state index contributed by atoms with van der Waals surface area (Å²) in [5, 5.41) is 4.65. The number of ether oxygens (including phenoxy) is 1. The Hall–Kier alpha value is -4.23. The monoisotopic (exact) mass is 458 g/mol. The summed E-state index contributed by atoms with van der Waals surface area (Å²) in [4.78, 5) is 30.7. The third-order valence-electron chi connectivity index (χ3n) is 4.62. The van der Waals surface area contributed by atoms with Crippen LogP contribution in [0.4, 0.5) is 0 Å². The van der Waals surface area contributed by atoms with Crippen LogP contribution in [0, 0.1) is 0 Å². The maximum Gasteiger partial charge on any atom is 0.346 e. The molecule has 1 aromatic heterocycles. The average Bonchev–Trinajstić information content (AvgIpc) is 2.84. The minimum Gasteiger partial charge on any atom is -0.489 e. The Morgan fingerprint density at radius 1 is 1.03 bits per heavy atom. The van der Waals surface area contributed by atoms with Crippen LogP contribution in [0.1, 0.15) is 21.6 Å². The van der Waals surface area contributed by atoms with Crippen molar-refractivity contribution in [2.24, 2.45) is 5.10 Å². The number of hydrogen-bond acceptors (Lipinski definition) is 5. The Morgan fingerprint density at radius 3 is 2.61 bits per heavy atom. The second-order valence-corrected chi connectivity index (χ2v) is 7.47. The summed E-state index contributed by atoms with van der Waals surface area (Å²) in [6.45, 7) is 0.396. The van der Waals surface area contributed by atoms with Crippen molar-refractivity contribution in [3.05, 3.63) is 117 Å². The molecule has 0 saturated heterocycles. The van der Waals surface area contributed by atoms with E-state index >= 15 is 0 Å². The van der Waals surface area contributed by atoms with Crippen LogP contribution in [-0.2, 0) is 6.61 Å². The molecule has 0 bridgehead atoms. The van der Waals surface area contributed by atoms with Gasteiger partial charge in [-0.25, -0.2) is 10.2 Å². The number of rotatable bonds is 7. The largest absolute Gasteiger partial charge is 0.489 e. The molecule has 0 aliphatic rings. The maximum absolute atomic E-state index is 12.5. The van der Waals surface area contributed by atoms with E-state index < -0.39 is 11.6 Å². The Bertz CT molecular complexity index is 1340. The van der Waals surface area contributed by atoms with Gasteiger partial charge in [-0.1, -0.05) is 66.2 Å². The van der Waals surface area contributed by atoms with Crippen molar-refractivity contribution >= 4 is 23.7 Å². The molecule has 1 amide bonds. The minimum atomic E-state index is -0.615. The quantitative estimate of drug-likeness (QED) is 0.316. The van der Waals surface area contributed by atoms with Gasteiger partial charge in [0.25, 0.3) is 5.91 Å². The van der Waals surface area contributed by atoms with E-state index in [0.29, 0.717) is 23.1 Å². The molecule has 0 radical (unpaired) electrons. The van der Waals surface area contributed by atoms with Gasteiger partial charge >= 0.3 is 5.69 Å². The number of hydrazone groups is 1. The Labute approximate surface area is 194 Å². The molecule has 164 valence electrons. The normalized spacial score (nSPS) is 10.8. The van der Waals surface area contributed by atoms with Crippen LogP contribution >= 0.6 is 11.6 Å². The summed E-state index contributed by atoms with van der Waals surface area (Å²) in [5.74, 6) is 0.101. The molecule has 0 aliphatic heterocycles. The fourth-order valence-electron chi connectivity index (χ4n) is 2.99. The molecule has 1 heterocycles. The summed E-state index contributed by atoms with van der Waals surface area (Å²) < 4.78 is 5.80. The summed E-state index contributed by atoms with van der Waals surface area (Å²) in [6.07, 6.45) is 1.49. The predicted octanol–water partition coefficient (Wildman–Crippen LogP) is 4.43. The van der Waals surface area contributed by atoms with Gasteiger partial charge in [-0.15, -0.1) is 0 Å². The zero-order chi connectivity index (χ0) is 23.0. The highest BCUT2D eigenvalue weighted by atomic mass is 35.5. The Morgan fingerprint density at radius 2 is 1.82 bits per heavy atom. The number of carbonyl (C=O) groups is 1. The molecule has 33 heavy (non-hydrogen) atoms. The molecule has 4 aromatic rings. The van der Waals surface area contributed by atoms with Crippen LogP contribution in [0.5, 0.6) is 5.75 Å². The van der Waals surface area contributed by atoms with E-state index in [9.17, 15) is 9.59 Å². The van der Waals surface area contributed by atoms with Gasteiger partial charge in [0.1, 0.15) is 18.1 Å². The number of aromatic nitrogens is 2. The molecule has 0 fully saturated rings. The minimum absolute atomic E-state index is 0.0612. The number of nitrogens with zero attached hydrogens (tertiary/aromatic N) is 2. The zero-order valence-corrected chi connectivity index (χ0v) is 18.1. The average molecular weight is 459 g/mol. The second kappa shape index (κ2) is 10.4. The highest BCUT2D eigenvalue weighted by Crippen LogP contribution is 2.16. The Balaban J connectivity index is 1.39. The summed E-state index contributed by atoms with van der Waals surface area (Å²) in [7, 11) is 0. The van der Waals surface area contributed by atoms with E-state index in [2.05, 4.69) is 20.5 Å². The lowest BCUT2D eigenvalue weighted by Crippen LogP contribution is -2.24. The van der Waals surface area contributed by atoms with E-state index in [0.717, 1.165) is 16.7 Å². The van der Waals surface area contributed by atoms with Gasteiger partial charge in [-0.2, -0.15) is 10.1 Å². The fourth-order valence-corrected chi connectivity index (χ4v) is 3.12. The number of nitrogens with one attached hydrogen (secondary N) is 2. The zero-order valence-electron chi connectivity index (χ0n) is 17.4. The molecule has 0 aliphatic carbocycles. The van der Waals surface area contributed by atoms with Crippen LogP contribution in [-0.4, -0.2) is 22.1 Å². The fraction of sp³-hybridized carbons (Fsp3) is 0.0400. The van der Waals surface area contributed by atoms with E-state index in [1.54, 1.807) is 6.07 Å². The number of amides is 1. The number of aromatic amines is 1. The van der Waals surface area contributed by atoms with Crippen LogP contribution in [0.15, 0.2) is 94.8 Å². The van der Waals surface area contributed by atoms with Crippen molar-refractivity contribution in [2.45, 2.75) is 6.61 Å². The van der Waals surface area contributed by atoms with Gasteiger partial charge in [-0.3, -0.25) is 4.79 Å². The van der Waals surface area contributed by atoms with Crippen LogP contribution in [0.25, 0.3) is 11.3 Å². The molecule has 0 atom stereocenters. The van der Waals surface area contributed by atoms with Gasteiger partial charge in [0.2, 0.25) is 0 Å². The predicted molar refractivity (Wildman–Crippen MR) is 128 cm³/mol. The van der Waals surface area contributed by atoms with E-state index in [1.807, 2.05) is 72.8 Å². The van der Waals surface area contributed by atoms with Crippen molar-refractivity contribution in [3.8, 4) is 17.0 Å². The van der Waals surface area contributed by atoms with Crippen molar-refractivity contribution in [1.82, 2.24) is 15.4 Å². The van der Waals surface area contributed by atoms with Crippen molar-refractivity contribution in [1.29, 1.82) is 0 Å². The van der Waals surface area contributed by atoms with Gasteiger partial charge in [0.05, 0.1) is 11.9 Å². The highest BCUT2D eigenvalue weighted by Gasteiger charge is 2.10. The third-order valence-corrected chi connectivity index (χ3v) is 4.87. The summed E-state index contributed by atoms with van der Waals surface area (Å²) in [6, 6.07) is 25.3. The van der Waals surface area contributed by atoms with Crippen LogP contribution < -0.4 is 15.9 Å². The summed E-state index contributed by atoms with van der Waals surface area (Å²) >= 11 is 5.90. The van der Waals surface area contributed by atoms with Crippen molar-refractivity contribution < 1.29 is 9.53 Å². The van der Waals surface area contributed by atoms with Crippen molar-refractivity contribution in [3.63, 3.8) is 0 Å². The first-order valence-corrected chi connectivity index (χ1v) is 10.4. The highest BCUT2D eigenvalue weighted by molar-refractivity contribution is 6.30. The van der Waals surface area contributed by atoms with Gasteiger partial charge in [-0.05, 0) is 41.5 Å². The van der Waals surface area contributed by atoms with Crippen LogP contribution in [0.3, 0.4) is 0 Å². The molecular weight excluding hydrogens is 440 g/mol. The Kier molecular flexibility index (Phi) is 6.92. The summed E-state index contributed by atoms with van der Waals surface area (Å²) in [5.41, 5.74) is 4.72. The second-order valence-electron chi connectivity index (χ2n) is 7.04. The van der Waals surface area contributed by atoms with Gasteiger partial charge in [0, 0.05) is 10.6 Å². The molecule has 0 unspecified atom stereocenters. The maximum atomic E-state index is 12.5. The first kappa shape index (κ1) is 22.0. The first-order valence-electron chi connectivity index (χ1n) is 10.0. The van der Waals surface area contributed by atoms with E-state index in [-0.39, 0.29) is 5.69 Å². The smallest absolute Gasteiger partial charge is 0.346 e. The van der Waals surface area contributed by atoms with Gasteiger partial charge in [0.15, 0.2) is 0 Å². The van der Waals surface area contributed by atoms with Crippen LogP contribution in [0.2, 0.25) is 5.02 Å². The van der Waals surface area contributed by atoms with E-state index in [1.165, 1.54) is 12.3 Å². The standard InChI is InChI=1S/C25H19ClN4O3/c26-20-11-9-17(10-12-20)16-33-21-8-4-5-18(13-21)15-27-30-24(31)23-14-22(28-25(32)29-23)19-6-2-1-3-7-19/h1-15H,16H2,(H,30,31)(H,28,29,32)/b27-15+. The lowest BCUT2D eigenvalue weighted by atomic mass is 10.1. The molecule has 8 heteroatoms. The topological polar surface area (TPSA) is 96.4 Å². The first-order chi connectivity index (χ1) is 16.1. The lowest BCUT2D eigenvalue weighted by molar-refractivity contribution is 0.0949. The molecule has 2 N–H and O–H groups in total. The SMILES string of the molecule is O=C(N/N=C/c1cccc(OCc2ccc(Cl)cc2)c1)c1cc(-c2ccccc2)nc(=O)[nH]1. The number of hydrogen-bond donors (Lipinski definition) is 2. The molecule has 3 aromatic carbocycles. The molecule has 7 nitrogen and oxygen atoms in total. The number of halogens is 1.